The molecule has 0 aliphatic carbocycles. The fourth-order valence-corrected chi connectivity index (χ4v) is 3.16. The highest BCUT2D eigenvalue weighted by Gasteiger charge is 2.45. The fraction of sp³-hybridized carbons (Fsp3) is 0.200. The van der Waals surface area contributed by atoms with Crippen molar-refractivity contribution in [1.82, 2.24) is 4.90 Å². The second-order valence-electron chi connectivity index (χ2n) is 6.14. The van der Waals surface area contributed by atoms with Gasteiger partial charge in [0.05, 0.1) is 24.3 Å². The zero-order valence-electron chi connectivity index (χ0n) is 14.6. The van der Waals surface area contributed by atoms with Gasteiger partial charge in [-0.1, -0.05) is 29.8 Å². The maximum Gasteiger partial charge on any atom is 0.295 e. The van der Waals surface area contributed by atoms with E-state index in [0.29, 0.717) is 5.75 Å². The maximum absolute atomic E-state index is 14.3. The van der Waals surface area contributed by atoms with Crippen molar-refractivity contribution in [2.24, 2.45) is 0 Å². The molecule has 134 valence electrons. The molecule has 2 aromatic rings. The molecular formula is C20H18FNO4. The molecule has 0 aromatic heterocycles. The molecule has 26 heavy (non-hydrogen) atoms. The number of likely N-dealkylation sites (N-methyl/N-ethyl adjacent to an activating group) is 1. The number of rotatable bonds is 3. The van der Waals surface area contributed by atoms with E-state index in [0.717, 1.165) is 10.5 Å². The predicted molar refractivity (Wildman–Crippen MR) is 94.2 cm³/mol. The summed E-state index contributed by atoms with van der Waals surface area (Å²) >= 11 is 0. The van der Waals surface area contributed by atoms with E-state index in [4.69, 9.17) is 4.74 Å². The van der Waals surface area contributed by atoms with E-state index >= 15 is 0 Å². The molecule has 0 saturated carbocycles. The first kappa shape index (κ1) is 17.7. The van der Waals surface area contributed by atoms with Crippen molar-refractivity contribution in [2.45, 2.75) is 13.0 Å². The van der Waals surface area contributed by atoms with Crippen LogP contribution in [0, 0.1) is 12.7 Å². The maximum atomic E-state index is 14.3. The highest BCUT2D eigenvalue weighted by Crippen LogP contribution is 2.40. The van der Waals surface area contributed by atoms with Crippen molar-refractivity contribution in [1.29, 1.82) is 0 Å². The van der Waals surface area contributed by atoms with E-state index in [2.05, 4.69) is 0 Å². The van der Waals surface area contributed by atoms with Crippen molar-refractivity contribution in [2.75, 3.05) is 14.2 Å². The van der Waals surface area contributed by atoms with Crippen LogP contribution >= 0.6 is 0 Å². The first-order chi connectivity index (χ1) is 12.4. The van der Waals surface area contributed by atoms with Crippen LogP contribution in [0.2, 0.25) is 0 Å². The quantitative estimate of drug-likeness (QED) is 0.522. The minimum atomic E-state index is -1.01. The number of benzene rings is 2. The Bertz CT molecular complexity index is 935. The number of aryl methyl sites for hydroxylation is 1. The summed E-state index contributed by atoms with van der Waals surface area (Å²) in [6.45, 7) is 1.82. The Labute approximate surface area is 150 Å². The smallest absolute Gasteiger partial charge is 0.295 e. The number of amides is 1. The molecule has 1 saturated heterocycles. The summed E-state index contributed by atoms with van der Waals surface area (Å²) < 4.78 is 19.6. The zero-order chi connectivity index (χ0) is 19.0. The van der Waals surface area contributed by atoms with Crippen LogP contribution in [-0.4, -0.2) is 35.9 Å². The Morgan fingerprint density at radius 1 is 1.19 bits per heavy atom. The second kappa shape index (κ2) is 6.63. The van der Waals surface area contributed by atoms with Crippen LogP contribution in [0.25, 0.3) is 5.76 Å². The van der Waals surface area contributed by atoms with E-state index in [1.165, 1.54) is 32.4 Å². The molecule has 3 rings (SSSR count). The number of hydrogen-bond acceptors (Lipinski definition) is 4. The number of halogens is 1. The monoisotopic (exact) mass is 355 g/mol. The van der Waals surface area contributed by atoms with Crippen LogP contribution in [-0.2, 0) is 9.59 Å². The van der Waals surface area contributed by atoms with Gasteiger partial charge in [-0.15, -0.1) is 0 Å². The topological polar surface area (TPSA) is 66.8 Å². The number of ether oxygens (including phenoxy) is 1. The molecule has 1 aliphatic rings. The van der Waals surface area contributed by atoms with Crippen LogP contribution < -0.4 is 4.74 Å². The molecule has 1 heterocycles. The number of Topliss-reactive ketones (excluding diaryl/α,β-unsaturated/α-hetero) is 1. The van der Waals surface area contributed by atoms with Crippen molar-refractivity contribution >= 4 is 17.4 Å². The molecule has 1 unspecified atom stereocenters. The SMILES string of the molecule is COc1ccc(C)cc1/C(O)=C1\C(=O)C(=O)N(C)C1c1ccccc1F. The van der Waals surface area contributed by atoms with E-state index in [9.17, 15) is 19.1 Å². The molecule has 1 fully saturated rings. The van der Waals surface area contributed by atoms with Gasteiger partial charge in [0, 0.05) is 12.6 Å². The van der Waals surface area contributed by atoms with Gasteiger partial charge < -0.3 is 14.7 Å². The zero-order valence-corrected chi connectivity index (χ0v) is 14.6. The van der Waals surface area contributed by atoms with Gasteiger partial charge in [0.1, 0.15) is 17.3 Å². The number of carbonyl (C=O) groups excluding carboxylic acids is 2. The summed E-state index contributed by atoms with van der Waals surface area (Å²) in [6, 6.07) is 9.96. The molecule has 1 aliphatic heterocycles. The highest BCUT2D eigenvalue weighted by molar-refractivity contribution is 6.46. The summed E-state index contributed by atoms with van der Waals surface area (Å²) in [5, 5.41) is 10.9. The Morgan fingerprint density at radius 2 is 1.88 bits per heavy atom. The van der Waals surface area contributed by atoms with Crippen LogP contribution in [0.5, 0.6) is 5.75 Å². The molecule has 0 spiro atoms. The van der Waals surface area contributed by atoms with E-state index in [1.54, 1.807) is 24.3 Å². The first-order valence-corrected chi connectivity index (χ1v) is 8.00. The molecule has 0 bridgehead atoms. The van der Waals surface area contributed by atoms with Gasteiger partial charge in [-0.05, 0) is 25.1 Å². The lowest BCUT2D eigenvalue weighted by Gasteiger charge is -2.21. The minimum Gasteiger partial charge on any atom is -0.507 e. The molecule has 1 atom stereocenters. The van der Waals surface area contributed by atoms with Gasteiger partial charge in [0.15, 0.2) is 0 Å². The summed E-state index contributed by atoms with van der Waals surface area (Å²) in [6.07, 6.45) is 0. The average Bonchev–Trinajstić information content (AvgIpc) is 2.85. The molecule has 1 amide bonds. The van der Waals surface area contributed by atoms with E-state index < -0.39 is 23.5 Å². The molecular weight excluding hydrogens is 337 g/mol. The average molecular weight is 355 g/mol. The van der Waals surface area contributed by atoms with E-state index in [1.807, 2.05) is 6.92 Å². The van der Waals surface area contributed by atoms with E-state index in [-0.39, 0.29) is 22.5 Å². The normalized spacial score (nSPS) is 19.1. The Morgan fingerprint density at radius 3 is 2.54 bits per heavy atom. The third-order valence-corrected chi connectivity index (χ3v) is 4.48. The summed E-state index contributed by atoms with van der Waals surface area (Å²) in [5.74, 6) is -2.26. The third-order valence-electron chi connectivity index (χ3n) is 4.48. The summed E-state index contributed by atoms with van der Waals surface area (Å²) in [4.78, 5) is 25.9. The molecule has 1 N–H and O–H groups in total. The number of hydrogen-bond donors (Lipinski definition) is 1. The Balaban J connectivity index is 2.27. The third kappa shape index (κ3) is 2.73. The Kier molecular flexibility index (Phi) is 4.50. The number of methoxy groups -OCH3 is 1. The first-order valence-electron chi connectivity index (χ1n) is 8.00. The molecule has 6 heteroatoms. The van der Waals surface area contributed by atoms with Gasteiger partial charge in [-0.3, -0.25) is 9.59 Å². The molecule has 0 radical (unpaired) electrons. The predicted octanol–water partition coefficient (Wildman–Crippen LogP) is 3.19. The van der Waals surface area contributed by atoms with Crippen molar-refractivity contribution in [3.8, 4) is 5.75 Å². The van der Waals surface area contributed by atoms with Gasteiger partial charge in [0.25, 0.3) is 11.7 Å². The van der Waals surface area contributed by atoms with Gasteiger partial charge in [0.2, 0.25) is 0 Å². The largest absolute Gasteiger partial charge is 0.507 e. The highest BCUT2D eigenvalue weighted by atomic mass is 19.1. The lowest BCUT2D eigenvalue weighted by atomic mass is 9.94. The van der Waals surface area contributed by atoms with Crippen LogP contribution in [0.4, 0.5) is 4.39 Å². The minimum absolute atomic E-state index is 0.141. The Hall–Kier alpha value is -3.15. The van der Waals surface area contributed by atoms with Gasteiger partial charge in [-0.25, -0.2) is 4.39 Å². The number of nitrogens with zero attached hydrogens (tertiary/aromatic N) is 1. The number of ketones is 1. The number of carbonyl (C=O) groups is 2. The van der Waals surface area contributed by atoms with Gasteiger partial charge >= 0.3 is 0 Å². The number of likely N-dealkylation sites (tertiary alicyclic amines) is 1. The molecule has 5 nitrogen and oxygen atoms in total. The summed E-state index contributed by atoms with van der Waals surface area (Å²) in [5.41, 5.74) is 1.09. The van der Waals surface area contributed by atoms with Crippen molar-refractivity contribution in [3.05, 3.63) is 70.5 Å². The van der Waals surface area contributed by atoms with Gasteiger partial charge in [-0.2, -0.15) is 0 Å². The lowest BCUT2D eigenvalue weighted by Crippen LogP contribution is -2.25. The number of aliphatic hydroxyl groups excluding tert-OH is 1. The summed E-state index contributed by atoms with van der Waals surface area (Å²) in [7, 11) is 2.85. The molecule has 2 aromatic carbocycles. The fourth-order valence-electron chi connectivity index (χ4n) is 3.16. The standard InChI is InChI=1S/C20H18FNO4/c1-11-8-9-15(26-3)13(10-11)18(23)16-17(22(2)20(25)19(16)24)12-6-4-5-7-14(12)21/h4-10,17,23H,1-3H3/b18-16+. The van der Waals surface area contributed by atoms with Crippen LogP contribution in [0.15, 0.2) is 48.0 Å². The van der Waals surface area contributed by atoms with Crippen LogP contribution in [0.3, 0.4) is 0 Å². The van der Waals surface area contributed by atoms with Crippen molar-refractivity contribution < 1.29 is 23.8 Å². The second-order valence-corrected chi connectivity index (χ2v) is 6.14. The van der Waals surface area contributed by atoms with Crippen LogP contribution in [0.1, 0.15) is 22.7 Å². The lowest BCUT2D eigenvalue weighted by molar-refractivity contribution is -0.139. The number of aliphatic hydroxyl groups is 1. The van der Waals surface area contributed by atoms with Crippen molar-refractivity contribution in [3.63, 3.8) is 0 Å².